The van der Waals surface area contributed by atoms with Gasteiger partial charge in [-0.3, -0.25) is 4.79 Å². The molecule has 0 aromatic heterocycles. The first-order valence-corrected chi connectivity index (χ1v) is 16.6. The largest absolute Gasteiger partial charge is 0.490 e. The molecule has 0 unspecified atom stereocenters. The Morgan fingerprint density at radius 1 is 1.12 bits per heavy atom. The average Bonchev–Trinajstić information content (AvgIpc) is 3.05. The highest BCUT2D eigenvalue weighted by molar-refractivity contribution is 7.91. The van der Waals surface area contributed by atoms with Crippen molar-refractivity contribution < 1.29 is 23.1 Å². The third-order valence-electron chi connectivity index (χ3n) is 9.87. The van der Waals surface area contributed by atoms with Crippen molar-refractivity contribution in [1.82, 2.24) is 4.72 Å². The zero-order chi connectivity index (χ0) is 29.0. The minimum Gasteiger partial charge on any atom is -0.490 e. The normalized spacial score (nSPS) is 31.5. The molecule has 4 aliphatic rings. The summed E-state index contributed by atoms with van der Waals surface area (Å²) in [6.07, 6.45) is 8.87. The van der Waals surface area contributed by atoms with E-state index >= 15 is 0 Å². The molecule has 2 heterocycles. The molecule has 7 nitrogen and oxygen atoms in total. The van der Waals surface area contributed by atoms with Crippen molar-refractivity contribution in [3.05, 3.63) is 70.3 Å². The zero-order valence-corrected chi connectivity index (χ0v) is 25.3. The summed E-state index contributed by atoms with van der Waals surface area (Å²) < 4.78 is 34.1. The van der Waals surface area contributed by atoms with E-state index in [1.165, 1.54) is 11.1 Å². The molecule has 2 N–H and O–H groups in total. The number of hydrogen-bond donors (Lipinski definition) is 2. The molecule has 2 bridgehead atoms. The second-order valence-electron chi connectivity index (χ2n) is 12.9. The van der Waals surface area contributed by atoms with Crippen molar-refractivity contribution in [2.24, 2.45) is 11.8 Å². The summed E-state index contributed by atoms with van der Waals surface area (Å²) in [7, 11) is -3.96. The minimum atomic E-state index is -3.96. The van der Waals surface area contributed by atoms with Crippen LogP contribution in [-0.4, -0.2) is 50.0 Å². The lowest BCUT2D eigenvalue weighted by Gasteiger charge is -2.45. The molecule has 0 saturated heterocycles. The Morgan fingerprint density at radius 2 is 1.95 bits per heavy atom. The van der Waals surface area contributed by atoms with Crippen molar-refractivity contribution in [3.63, 3.8) is 0 Å². The number of nitrogens with one attached hydrogen (secondary N) is 1. The number of ether oxygens (including phenoxy) is 1. The van der Waals surface area contributed by atoms with E-state index in [0.29, 0.717) is 38.3 Å². The van der Waals surface area contributed by atoms with Gasteiger partial charge in [-0.2, -0.15) is 0 Å². The lowest BCUT2D eigenvalue weighted by Crippen LogP contribution is -2.49. The van der Waals surface area contributed by atoms with Gasteiger partial charge in [-0.15, -0.1) is 0 Å². The number of anilines is 1. The molecule has 0 radical (unpaired) electrons. The minimum absolute atomic E-state index is 0.128. The van der Waals surface area contributed by atoms with Gasteiger partial charge in [-0.25, -0.2) is 13.1 Å². The van der Waals surface area contributed by atoms with Crippen molar-refractivity contribution >= 4 is 33.2 Å². The fourth-order valence-corrected chi connectivity index (χ4v) is 8.29. The Labute approximate surface area is 248 Å². The molecule has 2 aliphatic carbocycles. The average molecular weight is 599 g/mol. The Bertz CT molecular complexity index is 1490. The standard InChI is InChI=1S/C32H39ClN2O5S/c1-31(2)14-4-3-7-28(36)25-11-8-23(25)18-35-19-32(15-5-6-21-16-24(33)10-12-26(21)32)20-40-29-13-9-22(17-27(29)35)30(37)34-41(31,38)39/h3,7,9-10,12-13,16-17,23,25,28,36H,4-6,8,11,14-15,18-20H2,1-2H3,(H,34,37)/b7-3+/t23-,25+,28-,32-/m0/s1. The van der Waals surface area contributed by atoms with Crippen LogP contribution in [0.4, 0.5) is 5.69 Å². The van der Waals surface area contributed by atoms with Crippen molar-refractivity contribution in [2.75, 3.05) is 24.6 Å². The molecule has 4 atom stereocenters. The lowest BCUT2D eigenvalue weighted by molar-refractivity contribution is 0.0456. The molecule has 1 fully saturated rings. The number of fused-ring (bicyclic) bond motifs is 4. The third-order valence-corrected chi connectivity index (χ3v) is 12.2. The molecular weight excluding hydrogens is 560 g/mol. The first-order valence-electron chi connectivity index (χ1n) is 14.7. The number of nitrogens with zero attached hydrogens (tertiary/aromatic N) is 1. The fourth-order valence-electron chi connectivity index (χ4n) is 7.07. The zero-order valence-electron chi connectivity index (χ0n) is 23.7. The summed E-state index contributed by atoms with van der Waals surface area (Å²) in [5.74, 6) is 0.452. The number of carbonyl (C=O) groups is 1. The Kier molecular flexibility index (Phi) is 7.40. The number of aryl methyl sites for hydroxylation is 1. The molecule has 6 rings (SSSR count). The number of halogens is 1. The number of carbonyl (C=O) groups excluding carboxylic acids is 1. The van der Waals surface area contributed by atoms with E-state index in [9.17, 15) is 18.3 Å². The summed E-state index contributed by atoms with van der Waals surface area (Å²) >= 11 is 6.38. The van der Waals surface area contributed by atoms with E-state index in [1.54, 1.807) is 32.0 Å². The maximum atomic E-state index is 13.3. The van der Waals surface area contributed by atoms with Crippen molar-refractivity contribution in [3.8, 4) is 5.75 Å². The number of allylic oxidation sites excluding steroid dienone is 1. The van der Waals surface area contributed by atoms with Crippen LogP contribution in [-0.2, 0) is 21.9 Å². The van der Waals surface area contributed by atoms with Gasteiger partial charge in [0.1, 0.15) is 5.75 Å². The van der Waals surface area contributed by atoms with E-state index in [0.717, 1.165) is 42.8 Å². The maximum absolute atomic E-state index is 13.3. The van der Waals surface area contributed by atoms with Gasteiger partial charge in [0.2, 0.25) is 10.0 Å². The van der Waals surface area contributed by atoms with Crippen molar-refractivity contribution in [2.45, 2.75) is 75.1 Å². The summed E-state index contributed by atoms with van der Waals surface area (Å²) in [6.45, 7) is 5.16. The first-order chi connectivity index (χ1) is 19.5. The van der Waals surface area contributed by atoms with Gasteiger partial charge < -0.3 is 14.7 Å². The fraction of sp³-hybridized carbons (Fsp3) is 0.531. The number of aliphatic hydroxyl groups excluding tert-OH is 1. The van der Waals surface area contributed by atoms with Crippen LogP contribution in [0.15, 0.2) is 48.6 Å². The lowest BCUT2D eigenvalue weighted by atomic mass is 9.68. The topological polar surface area (TPSA) is 95.9 Å². The van der Waals surface area contributed by atoms with Crippen LogP contribution in [0.2, 0.25) is 5.02 Å². The number of sulfonamides is 1. The summed E-state index contributed by atoms with van der Waals surface area (Å²) in [4.78, 5) is 15.7. The van der Waals surface area contributed by atoms with Gasteiger partial charge in [0, 0.05) is 29.1 Å². The van der Waals surface area contributed by atoms with E-state index in [4.69, 9.17) is 16.3 Å². The molecule has 41 heavy (non-hydrogen) atoms. The molecule has 2 aromatic carbocycles. The smallest absolute Gasteiger partial charge is 0.264 e. The summed E-state index contributed by atoms with van der Waals surface area (Å²) in [6, 6.07) is 11.4. The molecule has 220 valence electrons. The van der Waals surface area contributed by atoms with Gasteiger partial charge in [0.05, 0.1) is 23.1 Å². The van der Waals surface area contributed by atoms with E-state index in [2.05, 4.69) is 21.8 Å². The summed E-state index contributed by atoms with van der Waals surface area (Å²) in [5, 5.41) is 11.8. The quantitative estimate of drug-likeness (QED) is 0.395. The number of rotatable bonds is 0. The monoisotopic (exact) mass is 598 g/mol. The molecule has 1 saturated carbocycles. The highest BCUT2D eigenvalue weighted by Gasteiger charge is 2.44. The first kappa shape index (κ1) is 28.6. The van der Waals surface area contributed by atoms with Crippen LogP contribution in [0, 0.1) is 11.8 Å². The Morgan fingerprint density at radius 3 is 2.73 bits per heavy atom. The van der Waals surface area contributed by atoms with Crippen LogP contribution in [0.25, 0.3) is 0 Å². The van der Waals surface area contributed by atoms with Crippen LogP contribution >= 0.6 is 11.6 Å². The van der Waals surface area contributed by atoms with Gasteiger partial charge >= 0.3 is 0 Å². The third kappa shape index (κ3) is 5.28. The number of hydrogen-bond acceptors (Lipinski definition) is 6. The van der Waals surface area contributed by atoms with Crippen molar-refractivity contribution in [1.29, 1.82) is 0 Å². The van der Waals surface area contributed by atoms with Gasteiger partial charge in [0.15, 0.2) is 0 Å². The van der Waals surface area contributed by atoms with Gasteiger partial charge in [0.25, 0.3) is 5.91 Å². The van der Waals surface area contributed by atoms with Crippen LogP contribution in [0.5, 0.6) is 5.75 Å². The molecule has 1 amide bonds. The van der Waals surface area contributed by atoms with Crippen LogP contribution in [0.3, 0.4) is 0 Å². The summed E-state index contributed by atoms with van der Waals surface area (Å²) in [5.41, 5.74) is 3.32. The predicted molar refractivity (Wildman–Crippen MR) is 161 cm³/mol. The SMILES string of the molecule is CC1(C)CC/C=C/[C@H](O)[C@@H]2CC[C@H]2CN2C[C@@]3(CCCc4cc(Cl)ccc43)COc3ccc(cc32)C(=O)NS1(=O)=O. The Hall–Kier alpha value is -2.55. The number of aliphatic hydroxyl groups is 1. The van der Waals surface area contributed by atoms with Gasteiger partial charge in [-0.05, 0) is 112 Å². The molecule has 2 aromatic rings. The van der Waals surface area contributed by atoms with E-state index in [1.807, 2.05) is 18.2 Å². The molecular formula is C32H39ClN2O5S. The number of amides is 1. The second-order valence-corrected chi connectivity index (χ2v) is 15.7. The van der Waals surface area contributed by atoms with Crippen LogP contribution < -0.4 is 14.4 Å². The molecule has 2 aliphatic heterocycles. The van der Waals surface area contributed by atoms with Gasteiger partial charge in [-0.1, -0.05) is 29.8 Å². The number of benzene rings is 2. The highest BCUT2D eigenvalue weighted by atomic mass is 35.5. The van der Waals surface area contributed by atoms with E-state index < -0.39 is 26.8 Å². The van der Waals surface area contributed by atoms with E-state index in [-0.39, 0.29) is 22.8 Å². The highest BCUT2D eigenvalue weighted by Crippen LogP contribution is 2.46. The molecule has 1 spiro atoms. The maximum Gasteiger partial charge on any atom is 0.264 e. The second kappa shape index (κ2) is 10.6. The Balaban J connectivity index is 1.43. The molecule has 9 heteroatoms. The van der Waals surface area contributed by atoms with Crippen LogP contribution in [0.1, 0.15) is 73.9 Å². The predicted octanol–water partition coefficient (Wildman–Crippen LogP) is 5.39.